The number of rotatable bonds is 66. The Morgan fingerprint density at radius 2 is 0.593 bits per heavy atom. The van der Waals surface area contributed by atoms with E-state index in [1.807, 2.05) is 0 Å². The fourth-order valence-electron chi connectivity index (χ4n) is 10.0. The average Bonchev–Trinajstić information content (AvgIpc) is 3.67. The molecule has 0 saturated heterocycles. The summed E-state index contributed by atoms with van der Waals surface area (Å²) in [6.07, 6.45) is 43.1. The van der Waals surface area contributed by atoms with Crippen LogP contribution in [-0.4, -0.2) is 96.7 Å². The monoisotopic (exact) mass is 1270 g/mol. The zero-order chi connectivity index (χ0) is 63.6. The molecule has 0 aromatic heterocycles. The topological polar surface area (TPSA) is 237 Å². The summed E-state index contributed by atoms with van der Waals surface area (Å²) in [6.45, 7) is 9.43. The van der Waals surface area contributed by atoms with Crippen LogP contribution in [0.25, 0.3) is 0 Å². The highest BCUT2D eigenvalue weighted by Gasteiger charge is 2.30. The number of ether oxygens (including phenoxy) is 4. The Bertz CT molecular complexity index is 1690. The van der Waals surface area contributed by atoms with Crippen molar-refractivity contribution in [2.75, 3.05) is 39.6 Å². The lowest BCUT2D eigenvalue weighted by Gasteiger charge is -2.21. The van der Waals surface area contributed by atoms with Gasteiger partial charge in [-0.25, -0.2) is 9.13 Å². The van der Waals surface area contributed by atoms with Crippen molar-refractivity contribution in [3.8, 4) is 0 Å². The van der Waals surface area contributed by atoms with Crippen molar-refractivity contribution in [2.45, 2.75) is 355 Å². The molecule has 3 unspecified atom stereocenters. The van der Waals surface area contributed by atoms with Gasteiger partial charge < -0.3 is 33.8 Å². The third-order valence-corrected chi connectivity index (χ3v) is 17.7. The van der Waals surface area contributed by atoms with Gasteiger partial charge in [-0.15, -0.1) is 0 Å². The minimum absolute atomic E-state index is 0.103. The number of phosphoric acid groups is 2. The SMILES string of the molecule is CCCCCCCCCCCCCCCCCCC(=O)O[C@H](COC(=O)CCCCCCCCCCC(C)C)COP(=O)(O)OC[C@@H](O)COP(=O)(O)OC[C@@H](COC(=O)CCCCCCCCCCC)OC(=O)CCCCCCCCC(C)CC. The number of hydrogen-bond acceptors (Lipinski definition) is 15. The first kappa shape index (κ1) is 84.1. The molecule has 6 atom stereocenters. The highest BCUT2D eigenvalue weighted by atomic mass is 31.2. The molecule has 0 heterocycles. The minimum Gasteiger partial charge on any atom is -0.462 e. The van der Waals surface area contributed by atoms with E-state index in [0.717, 1.165) is 102 Å². The first-order valence-corrected chi connectivity index (χ1v) is 38.0. The third-order valence-electron chi connectivity index (χ3n) is 15.8. The van der Waals surface area contributed by atoms with Gasteiger partial charge in [0.2, 0.25) is 0 Å². The molecule has 0 rings (SSSR count). The summed E-state index contributed by atoms with van der Waals surface area (Å²) in [7, 11) is -9.89. The average molecular weight is 1270 g/mol. The summed E-state index contributed by atoms with van der Waals surface area (Å²) in [5.41, 5.74) is 0. The maximum atomic E-state index is 13.0. The van der Waals surface area contributed by atoms with E-state index in [1.54, 1.807) is 0 Å². The first-order valence-electron chi connectivity index (χ1n) is 35.0. The number of esters is 4. The summed E-state index contributed by atoms with van der Waals surface area (Å²) < 4.78 is 68.1. The van der Waals surface area contributed by atoms with Crippen LogP contribution in [0, 0.1) is 11.8 Å². The van der Waals surface area contributed by atoms with Crippen LogP contribution < -0.4 is 0 Å². The van der Waals surface area contributed by atoms with Gasteiger partial charge in [0.15, 0.2) is 12.2 Å². The molecule has 0 aliphatic rings. The second-order valence-electron chi connectivity index (χ2n) is 24.9. The van der Waals surface area contributed by atoms with Gasteiger partial charge in [0.05, 0.1) is 26.4 Å². The Morgan fingerprint density at radius 1 is 0.337 bits per heavy atom. The van der Waals surface area contributed by atoms with E-state index < -0.39 is 97.5 Å². The summed E-state index contributed by atoms with van der Waals surface area (Å²) in [5, 5.41) is 10.6. The predicted molar refractivity (Wildman–Crippen MR) is 345 cm³/mol. The van der Waals surface area contributed by atoms with Gasteiger partial charge >= 0.3 is 39.5 Å². The highest BCUT2D eigenvalue weighted by molar-refractivity contribution is 7.47. The molecule has 86 heavy (non-hydrogen) atoms. The van der Waals surface area contributed by atoms with Crippen LogP contribution in [0.4, 0.5) is 0 Å². The standard InChI is InChI=1S/C67H130O17P2/c1-7-10-12-14-16-18-19-20-21-22-23-24-26-32-39-45-51-66(71)83-62(55-78-65(70)50-44-38-31-28-27-29-35-41-47-59(4)5)57-81-85(73,74)79-53-61(68)54-80-86(75,76)82-58-63(56-77-64(69)49-43-37-30-25-17-15-13-11-8-2)84-67(72)52-46-40-34-33-36-42-48-60(6)9-3/h59-63,68H,7-58H2,1-6H3,(H,73,74)(H,75,76)/t60?,61-,62-,63-/m1/s1. The number of hydrogen-bond donors (Lipinski definition) is 3. The molecule has 0 radical (unpaired) electrons. The quantitative estimate of drug-likeness (QED) is 0.0222. The van der Waals surface area contributed by atoms with Crippen LogP contribution in [0.15, 0.2) is 0 Å². The second kappa shape index (κ2) is 59.4. The van der Waals surface area contributed by atoms with Gasteiger partial charge in [-0.2, -0.15) is 0 Å². The predicted octanol–water partition coefficient (Wildman–Crippen LogP) is 18.8. The molecule has 510 valence electrons. The van der Waals surface area contributed by atoms with Crippen LogP contribution in [0.1, 0.15) is 337 Å². The molecule has 0 fully saturated rings. The molecule has 0 saturated carbocycles. The van der Waals surface area contributed by atoms with E-state index in [-0.39, 0.29) is 25.7 Å². The molecule has 0 amide bonds. The van der Waals surface area contributed by atoms with Crippen molar-refractivity contribution >= 4 is 39.5 Å². The maximum absolute atomic E-state index is 13.0. The van der Waals surface area contributed by atoms with Gasteiger partial charge in [0.25, 0.3) is 0 Å². The fraction of sp³-hybridized carbons (Fsp3) is 0.940. The van der Waals surface area contributed by atoms with Gasteiger partial charge in [0, 0.05) is 25.7 Å². The van der Waals surface area contributed by atoms with Gasteiger partial charge in [-0.05, 0) is 37.5 Å². The smallest absolute Gasteiger partial charge is 0.462 e. The van der Waals surface area contributed by atoms with E-state index in [0.29, 0.717) is 25.7 Å². The molecule has 0 aromatic carbocycles. The Balaban J connectivity index is 5.23. The zero-order valence-corrected chi connectivity index (χ0v) is 57.4. The first-order chi connectivity index (χ1) is 41.4. The van der Waals surface area contributed by atoms with Crippen LogP contribution in [-0.2, 0) is 65.4 Å². The van der Waals surface area contributed by atoms with E-state index in [4.69, 9.17) is 37.0 Å². The van der Waals surface area contributed by atoms with Gasteiger partial charge in [-0.1, -0.05) is 286 Å². The van der Waals surface area contributed by atoms with E-state index in [2.05, 4.69) is 41.5 Å². The van der Waals surface area contributed by atoms with E-state index in [9.17, 15) is 43.2 Å². The van der Waals surface area contributed by atoms with Crippen LogP contribution in [0.2, 0.25) is 0 Å². The third kappa shape index (κ3) is 59.7. The normalized spacial score (nSPS) is 14.5. The van der Waals surface area contributed by atoms with E-state index >= 15 is 0 Å². The largest absolute Gasteiger partial charge is 0.472 e. The van der Waals surface area contributed by atoms with E-state index in [1.165, 1.54) is 154 Å². The Hall–Kier alpha value is -1.94. The Kier molecular flexibility index (Phi) is 58.0. The lowest BCUT2D eigenvalue weighted by atomic mass is 10.00. The molecule has 0 spiro atoms. The number of aliphatic hydroxyl groups excluding tert-OH is 1. The molecular formula is C67H130O17P2. The molecule has 0 bridgehead atoms. The van der Waals surface area contributed by atoms with Crippen molar-refractivity contribution in [3.05, 3.63) is 0 Å². The highest BCUT2D eigenvalue weighted by Crippen LogP contribution is 2.45. The second-order valence-corrected chi connectivity index (χ2v) is 27.8. The summed E-state index contributed by atoms with van der Waals surface area (Å²) >= 11 is 0. The lowest BCUT2D eigenvalue weighted by molar-refractivity contribution is -0.161. The zero-order valence-electron chi connectivity index (χ0n) is 55.6. The van der Waals surface area contributed by atoms with Crippen molar-refractivity contribution in [2.24, 2.45) is 11.8 Å². The fourth-order valence-corrected chi connectivity index (χ4v) is 11.6. The molecule has 17 nitrogen and oxygen atoms in total. The van der Waals surface area contributed by atoms with Crippen molar-refractivity contribution in [1.29, 1.82) is 0 Å². The van der Waals surface area contributed by atoms with Crippen LogP contribution in [0.5, 0.6) is 0 Å². The van der Waals surface area contributed by atoms with Gasteiger partial charge in [-0.3, -0.25) is 37.3 Å². The summed E-state index contributed by atoms with van der Waals surface area (Å²) in [6, 6.07) is 0. The molecule has 0 aliphatic carbocycles. The van der Waals surface area contributed by atoms with Crippen LogP contribution >= 0.6 is 15.6 Å². The number of phosphoric ester groups is 2. The Morgan fingerprint density at radius 3 is 0.884 bits per heavy atom. The molecule has 3 N–H and O–H groups in total. The lowest BCUT2D eigenvalue weighted by Crippen LogP contribution is -2.30. The van der Waals surface area contributed by atoms with Crippen molar-refractivity contribution < 1.29 is 80.2 Å². The number of unbranched alkanes of at least 4 members (excludes halogenated alkanes) is 35. The number of carbonyl (C=O) groups is 4. The summed E-state index contributed by atoms with van der Waals surface area (Å²) in [5.74, 6) is -0.686. The summed E-state index contributed by atoms with van der Waals surface area (Å²) in [4.78, 5) is 72.3. The van der Waals surface area contributed by atoms with Gasteiger partial charge in [0.1, 0.15) is 19.3 Å². The molecule has 0 aliphatic heterocycles. The van der Waals surface area contributed by atoms with Crippen molar-refractivity contribution in [1.82, 2.24) is 0 Å². The number of aliphatic hydroxyl groups is 1. The van der Waals surface area contributed by atoms with Crippen molar-refractivity contribution in [3.63, 3.8) is 0 Å². The molecular weight excluding hydrogens is 1140 g/mol. The maximum Gasteiger partial charge on any atom is 0.472 e. The molecule has 19 heteroatoms. The Labute approximate surface area is 524 Å². The molecule has 0 aromatic rings. The number of carbonyl (C=O) groups excluding carboxylic acids is 4. The minimum atomic E-state index is -4.95. The van der Waals surface area contributed by atoms with Crippen LogP contribution in [0.3, 0.4) is 0 Å².